The van der Waals surface area contributed by atoms with Gasteiger partial charge in [0.15, 0.2) is 0 Å². The summed E-state index contributed by atoms with van der Waals surface area (Å²) in [6, 6.07) is 0. The molecule has 4 atom stereocenters. The predicted octanol–water partition coefficient (Wildman–Crippen LogP) is 4.03. The fourth-order valence-electron chi connectivity index (χ4n) is 3.43. The third kappa shape index (κ3) is 5.93. The highest BCUT2D eigenvalue weighted by atomic mass is 16.5. The SMILES string of the molecule is C=CCO[C@@H]1CCC[C@H](O[C@H]2CCC[C@@H](OCC=C)C2)C1. The van der Waals surface area contributed by atoms with Crippen molar-refractivity contribution in [1.29, 1.82) is 0 Å². The average Bonchev–Trinajstić information content (AvgIpc) is 2.52. The molecular weight excluding hydrogens is 264 g/mol. The normalized spacial score (nSPS) is 33.5. The molecule has 0 spiro atoms. The molecule has 21 heavy (non-hydrogen) atoms. The lowest BCUT2D eigenvalue weighted by molar-refractivity contribution is -0.0993. The fraction of sp³-hybridized carbons (Fsp3) is 0.778. The average molecular weight is 294 g/mol. The molecule has 3 heteroatoms. The van der Waals surface area contributed by atoms with Gasteiger partial charge in [-0.05, 0) is 51.4 Å². The molecule has 2 fully saturated rings. The third-order valence-corrected chi connectivity index (χ3v) is 4.44. The summed E-state index contributed by atoms with van der Waals surface area (Å²) in [5.74, 6) is 0. The van der Waals surface area contributed by atoms with E-state index in [0.717, 1.165) is 25.7 Å². The molecular formula is C18H30O3. The zero-order chi connectivity index (χ0) is 14.9. The molecule has 0 N–H and O–H groups in total. The zero-order valence-corrected chi connectivity index (χ0v) is 13.2. The van der Waals surface area contributed by atoms with E-state index in [2.05, 4.69) is 13.2 Å². The topological polar surface area (TPSA) is 27.7 Å². The van der Waals surface area contributed by atoms with Gasteiger partial charge >= 0.3 is 0 Å². The van der Waals surface area contributed by atoms with Crippen molar-refractivity contribution in [3.63, 3.8) is 0 Å². The highest BCUT2D eigenvalue weighted by Crippen LogP contribution is 2.29. The molecule has 0 bridgehead atoms. The standard InChI is InChI=1S/C18H30O3/c1-3-11-19-15-7-5-9-17(13-15)21-18-10-6-8-16(14-18)20-12-4-2/h3-4,15-18H,1-2,5-14H2/t15-,16-,17+,18+/m1/s1. The Balaban J connectivity index is 1.72. The lowest BCUT2D eigenvalue weighted by Gasteiger charge is -2.35. The van der Waals surface area contributed by atoms with Gasteiger partial charge in [-0.3, -0.25) is 0 Å². The Hall–Kier alpha value is -0.640. The van der Waals surface area contributed by atoms with Gasteiger partial charge in [0.25, 0.3) is 0 Å². The second-order valence-electron chi connectivity index (χ2n) is 6.20. The maximum Gasteiger partial charge on any atom is 0.0648 e. The monoisotopic (exact) mass is 294 g/mol. The molecule has 0 aromatic rings. The van der Waals surface area contributed by atoms with E-state index in [1.54, 1.807) is 0 Å². The molecule has 0 heterocycles. The van der Waals surface area contributed by atoms with Crippen molar-refractivity contribution in [1.82, 2.24) is 0 Å². The molecule has 0 aromatic carbocycles. The first-order chi connectivity index (χ1) is 10.3. The molecule has 0 unspecified atom stereocenters. The Morgan fingerprint density at radius 2 is 1.14 bits per heavy atom. The molecule has 0 aliphatic heterocycles. The van der Waals surface area contributed by atoms with Gasteiger partial charge in [-0.25, -0.2) is 0 Å². The Morgan fingerprint density at radius 3 is 1.57 bits per heavy atom. The van der Waals surface area contributed by atoms with E-state index in [0.29, 0.717) is 37.6 Å². The lowest BCUT2D eigenvalue weighted by Crippen LogP contribution is -2.35. The minimum absolute atomic E-state index is 0.346. The third-order valence-electron chi connectivity index (χ3n) is 4.44. The highest BCUT2D eigenvalue weighted by molar-refractivity contribution is 4.80. The van der Waals surface area contributed by atoms with Crippen molar-refractivity contribution < 1.29 is 14.2 Å². The number of rotatable bonds is 8. The molecule has 0 aromatic heterocycles. The van der Waals surface area contributed by atoms with E-state index in [1.165, 1.54) is 25.7 Å². The summed E-state index contributed by atoms with van der Waals surface area (Å²) in [6.45, 7) is 8.73. The summed E-state index contributed by atoms with van der Waals surface area (Å²) in [6.07, 6.45) is 14.2. The predicted molar refractivity (Wildman–Crippen MR) is 85.5 cm³/mol. The van der Waals surface area contributed by atoms with Gasteiger partial charge in [0, 0.05) is 0 Å². The maximum absolute atomic E-state index is 6.34. The van der Waals surface area contributed by atoms with E-state index < -0.39 is 0 Å². The molecule has 2 saturated carbocycles. The van der Waals surface area contributed by atoms with Gasteiger partial charge in [0.1, 0.15) is 0 Å². The second kappa shape index (κ2) is 9.39. The molecule has 2 rings (SSSR count). The van der Waals surface area contributed by atoms with Crippen molar-refractivity contribution in [2.24, 2.45) is 0 Å². The first-order valence-corrected chi connectivity index (χ1v) is 8.42. The van der Waals surface area contributed by atoms with Crippen LogP contribution in [0.5, 0.6) is 0 Å². The van der Waals surface area contributed by atoms with E-state index in [-0.39, 0.29) is 0 Å². The fourth-order valence-corrected chi connectivity index (χ4v) is 3.43. The molecule has 2 aliphatic rings. The molecule has 0 saturated heterocycles. The van der Waals surface area contributed by atoms with Crippen LogP contribution in [0.1, 0.15) is 51.4 Å². The highest BCUT2D eigenvalue weighted by Gasteiger charge is 2.28. The summed E-state index contributed by atoms with van der Waals surface area (Å²) >= 11 is 0. The smallest absolute Gasteiger partial charge is 0.0648 e. The minimum Gasteiger partial charge on any atom is -0.375 e. The van der Waals surface area contributed by atoms with Gasteiger partial charge in [-0.1, -0.05) is 12.2 Å². The van der Waals surface area contributed by atoms with Gasteiger partial charge in [-0.15, -0.1) is 13.2 Å². The van der Waals surface area contributed by atoms with Crippen molar-refractivity contribution in [2.75, 3.05) is 13.2 Å². The first-order valence-electron chi connectivity index (χ1n) is 8.42. The van der Waals surface area contributed by atoms with Crippen LogP contribution in [0.15, 0.2) is 25.3 Å². The Bertz CT molecular complexity index is 286. The van der Waals surface area contributed by atoms with Crippen LogP contribution in [-0.4, -0.2) is 37.6 Å². The van der Waals surface area contributed by atoms with E-state index in [9.17, 15) is 0 Å². The van der Waals surface area contributed by atoms with Crippen molar-refractivity contribution in [2.45, 2.75) is 75.8 Å². The summed E-state index contributed by atoms with van der Waals surface area (Å²) in [4.78, 5) is 0. The number of ether oxygens (including phenoxy) is 3. The summed E-state index contributed by atoms with van der Waals surface area (Å²) < 4.78 is 17.9. The van der Waals surface area contributed by atoms with Crippen molar-refractivity contribution >= 4 is 0 Å². The van der Waals surface area contributed by atoms with Crippen LogP contribution in [0.4, 0.5) is 0 Å². The quantitative estimate of drug-likeness (QED) is 0.633. The summed E-state index contributed by atoms with van der Waals surface area (Å²) in [5.41, 5.74) is 0. The van der Waals surface area contributed by atoms with Crippen LogP contribution < -0.4 is 0 Å². The molecule has 3 nitrogen and oxygen atoms in total. The van der Waals surface area contributed by atoms with Crippen LogP contribution in [0.2, 0.25) is 0 Å². The number of hydrogen-bond acceptors (Lipinski definition) is 3. The zero-order valence-electron chi connectivity index (χ0n) is 13.2. The van der Waals surface area contributed by atoms with Crippen LogP contribution in [-0.2, 0) is 14.2 Å². The minimum atomic E-state index is 0.346. The maximum atomic E-state index is 6.34. The van der Waals surface area contributed by atoms with E-state index in [4.69, 9.17) is 14.2 Å². The Morgan fingerprint density at radius 1 is 0.714 bits per heavy atom. The van der Waals surface area contributed by atoms with Gasteiger partial charge in [0.2, 0.25) is 0 Å². The van der Waals surface area contributed by atoms with Crippen molar-refractivity contribution in [3.8, 4) is 0 Å². The summed E-state index contributed by atoms with van der Waals surface area (Å²) in [5, 5.41) is 0. The van der Waals surface area contributed by atoms with E-state index in [1.807, 2.05) is 12.2 Å². The molecule has 2 aliphatic carbocycles. The van der Waals surface area contributed by atoms with Gasteiger partial charge in [0.05, 0.1) is 37.6 Å². The molecule has 120 valence electrons. The molecule has 0 amide bonds. The summed E-state index contributed by atoms with van der Waals surface area (Å²) in [7, 11) is 0. The Kier molecular flexibility index (Phi) is 7.48. The lowest BCUT2D eigenvalue weighted by atomic mass is 9.92. The van der Waals surface area contributed by atoms with Crippen LogP contribution in [0.3, 0.4) is 0 Å². The Labute approximate surface area is 129 Å². The van der Waals surface area contributed by atoms with Gasteiger partial charge < -0.3 is 14.2 Å². The second-order valence-corrected chi connectivity index (χ2v) is 6.20. The largest absolute Gasteiger partial charge is 0.375 e. The molecule has 0 radical (unpaired) electrons. The van der Waals surface area contributed by atoms with Gasteiger partial charge in [-0.2, -0.15) is 0 Å². The van der Waals surface area contributed by atoms with Crippen molar-refractivity contribution in [3.05, 3.63) is 25.3 Å². The van der Waals surface area contributed by atoms with E-state index >= 15 is 0 Å². The van der Waals surface area contributed by atoms with Crippen LogP contribution >= 0.6 is 0 Å². The van der Waals surface area contributed by atoms with Crippen LogP contribution in [0.25, 0.3) is 0 Å². The first kappa shape index (κ1) is 16.7. The number of hydrogen-bond donors (Lipinski definition) is 0. The van der Waals surface area contributed by atoms with Crippen LogP contribution in [0, 0.1) is 0 Å².